The summed E-state index contributed by atoms with van der Waals surface area (Å²) in [6.45, 7) is 4.38. The number of rotatable bonds is 4. The van der Waals surface area contributed by atoms with Crippen LogP contribution in [-0.4, -0.2) is 82.2 Å². The fraction of sp³-hybridized carbons (Fsp3) is 0.450. The summed E-state index contributed by atoms with van der Waals surface area (Å²) in [7, 11) is 0. The van der Waals surface area contributed by atoms with Crippen molar-refractivity contribution < 1.29 is 19.4 Å². The lowest BCUT2D eigenvalue weighted by Crippen LogP contribution is -2.47. The number of carbonyl (C=O) groups excluding carboxylic acids is 1. The Balaban J connectivity index is 1.57. The Kier molecular flexibility index (Phi) is 5.15. The molecule has 1 aromatic carbocycles. The minimum Gasteiger partial charge on any atom is -0.480 e. The van der Waals surface area contributed by atoms with Crippen LogP contribution in [0.3, 0.4) is 0 Å². The molecule has 0 spiro atoms. The van der Waals surface area contributed by atoms with Crippen molar-refractivity contribution in [2.75, 3.05) is 39.4 Å². The lowest BCUT2D eigenvalue weighted by Gasteiger charge is -2.30. The van der Waals surface area contributed by atoms with Crippen molar-refractivity contribution >= 4 is 11.9 Å². The molecule has 2 fully saturated rings. The number of hydrogen-bond donors (Lipinski definition) is 2. The zero-order chi connectivity index (χ0) is 19.7. The van der Waals surface area contributed by atoms with Crippen LogP contribution in [0.15, 0.2) is 30.3 Å². The zero-order valence-electron chi connectivity index (χ0n) is 15.8. The summed E-state index contributed by atoms with van der Waals surface area (Å²) in [6.07, 6.45) is 0. The van der Waals surface area contributed by atoms with Crippen LogP contribution in [0, 0.1) is 12.8 Å². The molecule has 8 nitrogen and oxygen atoms in total. The predicted molar refractivity (Wildman–Crippen MR) is 102 cm³/mol. The van der Waals surface area contributed by atoms with E-state index in [1.165, 1.54) is 0 Å². The second-order valence-corrected chi connectivity index (χ2v) is 7.52. The van der Waals surface area contributed by atoms with Gasteiger partial charge in [-0.25, -0.2) is 4.98 Å². The second-order valence-electron chi connectivity index (χ2n) is 7.52. The first-order chi connectivity index (χ1) is 13.5. The van der Waals surface area contributed by atoms with E-state index in [1.807, 2.05) is 42.2 Å². The SMILES string of the molecule is Cc1[nH]c(-c2ccccc2)nc1C(=O)N1C[C@@H]2COC[C@H](C1)N(CC(=O)O)C2. The summed E-state index contributed by atoms with van der Waals surface area (Å²) in [5.74, 6) is -0.220. The molecule has 4 rings (SSSR count). The molecule has 28 heavy (non-hydrogen) atoms. The van der Waals surface area contributed by atoms with Crippen molar-refractivity contribution in [2.45, 2.75) is 13.0 Å². The first-order valence-electron chi connectivity index (χ1n) is 9.46. The van der Waals surface area contributed by atoms with Gasteiger partial charge in [-0.15, -0.1) is 0 Å². The smallest absolute Gasteiger partial charge is 0.317 e. The van der Waals surface area contributed by atoms with Gasteiger partial charge in [-0.2, -0.15) is 0 Å². The fourth-order valence-corrected chi connectivity index (χ4v) is 4.01. The van der Waals surface area contributed by atoms with Crippen LogP contribution < -0.4 is 0 Å². The minimum atomic E-state index is -0.860. The number of imidazole rings is 1. The summed E-state index contributed by atoms with van der Waals surface area (Å²) in [5, 5.41) is 9.20. The van der Waals surface area contributed by atoms with Crippen LogP contribution in [0.4, 0.5) is 0 Å². The molecule has 0 aliphatic carbocycles. The van der Waals surface area contributed by atoms with E-state index < -0.39 is 5.97 Å². The number of carboxylic acid groups (broad SMARTS) is 1. The molecule has 2 N–H and O–H groups in total. The highest BCUT2D eigenvalue weighted by Crippen LogP contribution is 2.23. The Morgan fingerprint density at radius 2 is 2.00 bits per heavy atom. The van der Waals surface area contributed by atoms with Gasteiger partial charge < -0.3 is 19.7 Å². The van der Waals surface area contributed by atoms with Gasteiger partial charge in [0.25, 0.3) is 5.91 Å². The van der Waals surface area contributed by atoms with Crippen LogP contribution in [0.25, 0.3) is 11.4 Å². The van der Waals surface area contributed by atoms with Crippen molar-refractivity contribution in [3.8, 4) is 11.4 Å². The van der Waals surface area contributed by atoms with Gasteiger partial charge in [0.15, 0.2) is 0 Å². The van der Waals surface area contributed by atoms with Crippen LogP contribution in [-0.2, 0) is 9.53 Å². The normalized spacial score (nSPS) is 22.7. The average Bonchev–Trinajstić information content (AvgIpc) is 2.84. The Morgan fingerprint density at radius 1 is 1.21 bits per heavy atom. The topological polar surface area (TPSA) is 98.8 Å². The van der Waals surface area contributed by atoms with Crippen LogP contribution in [0.2, 0.25) is 0 Å². The molecule has 3 heterocycles. The quantitative estimate of drug-likeness (QED) is 0.823. The van der Waals surface area contributed by atoms with E-state index >= 15 is 0 Å². The molecule has 0 saturated carbocycles. The number of nitrogens with zero attached hydrogens (tertiary/aromatic N) is 3. The van der Waals surface area contributed by atoms with E-state index in [1.54, 1.807) is 4.90 Å². The molecular formula is C20H24N4O4. The largest absolute Gasteiger partial charge is 0.480 e. The molecule has 2 bridgehead atoms. The Hall–Kier alpha value is -2.71. The van der Waals surface area contributed by atoms with Crippen molar-refractivity contribution in [3.63, 3.8) is 0 Å². The Morgan fingerprint density at radius 3 is 2.75 bits per heavy atom. The molecule has 2 aliphatic rings. The number of H-pyrrole nitrogens is 1. The standard InChI is InChI=1S/C20H24N4O4/c1-13-18(22-19(21-13)15-5-3-2-4-6-15)20(27)24-8-14-7-23(10-17(25)26)16(9-24)12-28-11-14/h2-6,14,16H,7-12H2,1H3,(H,21,22)(H,25,26)/t14-,16+/m1/s1. The molecular weight excluding hydrogens is 360 g/mol. The third-order valence-corrected chi connectivity index (χ3v) is 5.34. The van der Waals surface area contributed by atoms with E-state index in [0.717, 1.165) is 11.3 Å². The molecule has 8 heteroatoms. The average molecular weight is 384 g/mol. The van der Waals surface area contributed by atoms with Crippen LogP contribution >= 0.6 is 0 Å². The lowest BCUT2D eigenvalue weighted by atomic mass is 10.1. The fourth-order valence-electron chi connectivity index (χ4n) is 4.01. The van der Waals surface area contributed by atoms with E-state index in [2.05, 4.69) is 9.97 Å². The molecule has 2 aromatic rings. The first-order valence-corrected chi connectivity index (χ1v) is 9.46. The summed E-state index contributed by atoms with van der Waals surface area (Å²) >= 11 is 0. The summed E-state index contributed by atoms with van der Waals surface area (Å²) in [6, 6.07) is 9.57. The van der Waals surface area contributed by atoms with E-state index in [0.29, 0.717) is 44.4 Å². The predicted octanol–water partition coefficient (Wildman–Crippen LogP) is 1.24. The maximum atomic E-state index is 13.2. The van der Waals surface area contributed by atoms with Crippen molar-refractivity contribution in [1.29, 1.82) is 0 Å². The number of carbonyl (C=O) groups is 2. The van der Waals surface area contributed by atoms with Gasteiger partial charge in [-0.3, -0.25) is 14.5 Å². The molecule has 2 atom stereocenters. The number of aliphatic carboxylic acids is 1. The molecule has 1 aromatic heterocycles. The number of benzene rings is 1. The van der Waals surface area contributed by atoms with Gasteiger partial charge >= 0.3 is 5.97 Å². The molecule has 2 saturated heterocycles. The van der Waals surface area contributed by atoms with Crippen molar-refractivity contribution in [1.82, 2.24) is 19.8 Å². The van der Waals surface area contributed by atoms with E-state index in [4.69, 9.17) is 4.74 Å². The van der Waals surface area contributed by atoms with Gasteiger partial charge in [0.1, 0.15) is 11.5 Å². The van der Waals surface area contributed by atoms with Crippen LogP contribution in [0.5, 0.6) is 0 Å². The minimum absolute atomic E-state index is 0.0356. The maximum absolute atomic E-state index is 13.2. The number of nitrogens with one attached hydrogen (secondary N) is 1. The second kappa shape index (κ2) is 7.73. The molecule has 148 valence electrons. The van der Waals surface area contributed by atoms with E-state index in [9.17, 15) is 14.7 Å². The van der Waals surface area contributed by atoms with Gasteiger partial charge in [-0.1, -0.05) is 30.3 Å². The Labute approximate surface area is 163 Å². The third-order valence-electron chi connectivity index (χ3n) is 5.34. The number of aromatic amines is 1. The Bertz CT molecular complexity index is 866. The number of aromatic nitrogens is 2. The highest BCUT2D eigenvalue weighted by atomic mass is 16.5. The van der Waals surface area contributed by atoms with Gasteiger partial charge in [0, 0.05) is 36.8 Å². The number of ether oxygens (including phenoxy) is 1. The summed E-state index contributed by atoms with van der Waals surface area (Å²) < 4.78 is 5.70. The maximum Gasteiger partial charge on any atom is 0.317 e. The monoisotopic (exact) mass is 384 g/mol. The number of fused-ring (bicyclic) bond motifs is 3. The number of hydrogen-bond acceptors (Lipinski definition) is 5. The highest BCUT2D eigenvalue weighted by Gasteiger charge is 2.36. The number of amides is 1. The highest BCUT2D eigenvalue weighted by molar-refractivity contribution is 5.94. The first kappa shape index (κ1) is 18.6. The molecule has 0 unspecified atom stereocenters. The summed E-state index contributed by atoms with van der Waals surface area (Å²) in [5.41, 5.74) is 2.08. The van der Waals surface area contributed by atoms with Gasteiger partial charge in [-0.05, 0) is 6.92 Å². The summed E-state index contributed by atoms with van der Waals surface area (Å²) in [4.78, 5) is 35.9. The van der Waals surface area contributed by atoms with E-state index in [-0.39, 0.29) is 24.4 Å². The van der Waals surface area contributed by atoms with Crippen LogP contribution in [0.1, 0.15) is 16.2 Å². The van der Waals surface area contributed by atoms with Gasteiger partial charge in [0.2, 0.25) is 0 Å². The zero-order valence-corrected chi connectivity index (χ0v) is 15.8. The van der Waals surface area contributed by atoms with Crippen molar-refractivity contribution in [2.24, 2.45) is 5.92 Å². The molecule has 0 radical (unpaired) electrons. The van der Waals surface area contributed by atoms with Gasteiger partial charge in [0.05, 0.1) is 25.8 Å². The number of aryl methyl sites for hydroxylation is 1. The molecule has 2 aliphatic heterocycles. The molecule has 1 amide bonds. The lowest BCUT2D eigenvalue weighted by molar-refractivity contribution is -0.139. The third kappa shape index (κ3) is 3.79. The number of carboxylic acids is 1. The van der Waals surface area contributed by atoms with Crippen molar-refractivity contribution in [3.05, 3.63) is 41.7 Å².